The summed E-state index contributed by atoms with van der Waals surface area (Å²) in [6.07, 6.45) is 2.68. The molecule has 0 spiro atoms. The van der Waals surface area contributed by atoms with Crippen LogP contribution in [0.1, 0.15) is 0 Å². The predicted octanol–water partition coefficient (Wildman–Crippen LogP) is 2.05. The zero-order valence-corrected chi connectivity index (χ0v) is 12.8. The summed E-state index contributed by atoms with van der Waals surface area (Å²) < 4.78 is 6.25. The first-order valence-electron chi connectivity index (χ1n) is 7.18. The van der Waals surface area contributed by atoms with E-state index in [0.29, 0.717) is 11.5 Å². The minimum atomic E-state index is -0.596. The molecule has 25 heavy (non-hydrogen) atoms. The molecule has 0 bridgehead atoms. The number of hydrogen-bond acceptors (Lipinski definition) is 6. The molecule has 9 heteroatoms. The maximum absolute atomic E-state index is 12.1. The molecule has 3 rings (SSSR count). The summed E-state index contributed by atoms with van der Waals surface area (Å²) in [7, 11) is 0. The van der Waals surface area contributed by atoms with E-state index in [9.17, 15) is 19.7 Å². The number of para-hydroxylation sites is 2. The normalized spacial score (nSPS) is 10.4. The Labute approximate surface area is 140 Å². The molecule has 0 aliphatic heterocycles. The van der Waals surface area contributed by atoms with Gasteiger partial charge in [-0.25, -0.2) is 4.98 Å². The van der Waals surface area contributed by atoms with Crippen molar-refractivity contribution in [3.8, 4) is 11.5 Å². The van der Waals surface area contributed by atoms with Crippen LogP contribution in [-0.4, -0.2) is 20.4 Å². The van der Waals surface area contributed by atoms with Gasteiger partial charge in [-0.2, -0.15) is 0 Å². The molecule has 0 saturated carbocycles. The van der Waals surface area contributed by atoms with Crippen LogP contribution < -0.4 is 10.9 Å². The Kier molecular flexibility index (Phi) is 4.38. The predicted molar refractivity (Wildman–Crippen MR) is 87.9 cm³/mol. The first-order chi connectivity index (χ1) is 12.0. The number of carbonyl (C=O) groups is 1. The van der Waals surface area contributed by atoms with Gasteiger partial charge in [-0.05, 0) is 18.2 Å². The van der Waals surface area contributed by atoms with E-state index in [2.05, 4.69) is 10.3 Å². The van der Waals surface area contributed by atoms with Crippen molar-refractivity contribution in [2.45, 2.75) is 6.54 Å². The Balaban J connectivity index is 1.76. The van der Waals surface area contributed by atoms with Crippen LogP contribution in [-0.2, 0) is 11.3 Å². The summed E-state index contributed by atoms with van der Waals surface area (Å²) in [5.74, 6) is -0.141. The number of carbonyl (C=O) groups excluding carboxylic acids is 1. The van der Waals surface area contributed by atoms with Crippen molar-refractivity contribution in [1.82, 2.24) is 9.55 Å². The van der Waals surface area contributed by atoms with Crippen LogP contribution in [0.2, 0.25) is 0 Å². The topological polar surface area (TPSA) is 120 Å². The number of furan rings is 1. The lowest BCUT2D eigenvalue weighted by atomic mass is 10.2. The first kappa shape index (κ1) is 16.1. The van der Waals surface area contributed by atoms with E-state index < -0.39 is 16.4 Å². The van der Waals surface area contributed by atoms with Gasteiger partial charge in [0, 0.05) is 12.1 Å². The van der Waals surface area contributed by atoms with E-state index in [-0.39, 0.29) is 17.9 Å². The molecule has 2 heterocycles. The molecule has 3 aromatic rings. The summed E-state index contributed by atoms with van der Waals surface area (Å²) in [5, 5.41) is 13.4. The van der Waals surface area contributed by atoms with Crippen molar-refractivity contribution in [3.63, 3.8) is 0 Å². The molecule has 126 valence electrons. The van der Waals surface area contributed by atoms with Crippen molar-refractivity contribution in [2.24, 2.45) is 0 Å². The molecule has 0 saturated heterocycles. The van der Waals surface area contributed by atoms with E-state index >= 15 is 0 Å². The van der Waals surface area contributed by atoms with Gasteiger partial charge < -0.3 is 9.73 Å². The number of hydrogen-bond donors (Lipinski definition) is 1. The van der Waals surface area contributed by atoms with Gasteiger partial charge >= 0.3 is 0 Å². The lowest BCUT2D eigenvalue weighted by Crippen LogP contribution is -2.27. The fourth-order valence-electron chi connectivity index (χ4n) is 2.19. The van der Waals surface area contributed by atoms with E-state index in [1.54, 1.807) is 18.2 Å². The Morgan fingerprint density at radius 2 is 2.08 bits per heavy atom. The summed E-state index contributed by atoms with van der Waals surface area (Å²) in [6, 6.07) is 10.3. The monoisotopic (exact) mass is 340 g/mol. The molecule has 1 aromatic carbocycles. The van der Waals surface area contributed by atoms with Gasteiger partial charge in [-0.1, -0.05) is 12.1 Å². The largest absolute Gasteiger partial charge is 0.463 e. The number of benzene rings is 1. The molecule has 0 aliphatic carbocycles. The van der Waals surface area contributed by atoms with E-state index in [4.69, 9.17) is 4.42 Å². The number of nitro groups is 1. The van der Waals surface area contributed by atoms with Crippen LogP contribution in [0.3, 0.4) is 0 Å². The number of nitrogens with zero attached hydrogens (tertiary/aromatic N) is 3. The molecular formula is C16H12N4O5. The van der Waals surface area contributed by atoms with Crippen LogP contribution in [0, 0.1) is 10.1 Å². The zero-order chi connectivity index (χ0) is 17.8. The maximum Gasteiger partial charge on any atom is 0.292 e. The average Bonchev–Trinajstić information content (AvgIpc) is 3.11. The third-order valence-electron chi connectivity index (χ3n) is 3.34. The van der Waals surface area contributed by atoms with E-state index in [0.717, 1.165) is 4.57 Å². The molecule has 9 nitrogen and oxygen atoms in total. The SMILES string of the molecule is O=C(Cn1cnc(-c2ccco2)cc1=O)Nc1ccccc1[N+](=O)[O-]. The van der Waals surface area contributed by atoms with Crippen LogP contribution in [0.4, 0.5) is 11.4 Å². The summed E-state index contributed by atoms with van der Waals surface area (Å²) in [6.45, 7) is -0.323. The summed E-state index contributed by atoms with van der Waals surface area (Å²) in [4.78, 5) is 38.6. The molecule has 0 unspecified atom stereocenters. The maximum atomic E-state index is 12.1. The van der Waals surface area contributed by atoms with Gasteiger partial charge in [0.2, 0.25) is 5.91 Å². The van der Waals surface area contributed by atoms with Gasteiger partial charge in [0.1, 0.15) is 17.9 Å². The molecular weight excluding hydrogens is 328 g/mol. The smallest absolute Gasteiger partial charge is 0.292 e. The summed E-state index contributed by atoms with van der Waals surface area (Å²) >= 11 is 0. The molecule has 0 aliphatic rings. The van der Waals surface area contributed by atoms with Crippen LogP contribution in [0.5, 0.6) is 0 Å². The van der Waals surface area contributed by atoms with Crippen LogP contribution >= 0.6 is 0 Å². The number of anilines is 1. The highest BCUT2D eigenvalue weighted by atomic mass is 16.6. The van der Waals surface area contributed by atoms with Crippen molar-refractivity contribution in [2.75, 3.05) is 5.32 Å². The Morgan fingerprint density at radius 3 is 2.76 bits per heavy atom. The summed E-state index contributed by atoms with van der Waals surface area (Å²) in [5.41, 5.74) is -0.260. The average molecular weight is 340 g/mol. The molecule has 2 aromatic heterocycles. The Bertz CT molecular complexity index is 978. The van der Waals surface area contributed by atoms with Gasteiger partial charge in [-0.3, -0.25) is 24.3 Å². The van der Waals surface area contributed by atoms with Crippen LogP contribution in [0.15, 0.2) is 64.3 Å². The van der Waals surface area contributed by atoms with Gasteiger partial charge in [0.05, 0.1) is 17.5 Å². The van der Waals surface area contributed by atoms with E-state index in [1.807, 2.05) is 0 Å². The molecule has 0 atom stereocenters. The van der Waals surface area contributed by atoms with Crippen molar-refractivity contribution in [1.29, 1.82) is 0 Å². The fourth-order valence-corrected chi connectivity index (χ4v) is 2.19. The van der Waals surface area contributed by atoms with Gasteiger partial charge in [0.25, 0.3) is 11.2 Å². The lowest BCUT2D eigenvalue weighted by Gasteiger charge is -2.07. The third-order valence-corrected chi connectivity index (χ3v) is 3.34. The number of amides is 1. The van der Waals surface area contributed by atoms with Gasteiger partial charge in [0.15, 0.2) is 5.76 Å². The van der Waals surface area contributed by atoms with Crippen molar-refractivity contribution in [3.05, 3.63) is 75.5 Å². The highest BCUT2D eigenvalue weighted by molar-refractivity contribution is 5.92. The molecule has 0 radical (unpaired) electrons. The zero-order valence-electron chi connectivity index (χ0n) is 12.8. The standard InChI is InChI=1S/C16H12N4O5/c21-15(18-11-4-1-2-5-13(11)20(23)24)9-19-10-17-12(8-16(19)22)14-6-3-7-25-14/h1-8,10H,9H2,(H,18,21). The number of nitro benzene ring substituents is 1. The molecule has 1 amide bonds. The fraction of sp³-hybridized carbons (Fsp3) is 0.0625. The Morgan fingerprint density at radius 1 is 1.28 bits per heavy atom. The highest BCUT2D eigenvalue weighted by Gasteiger charge is 2.15. The highest BCUT2D eigenvalue weighted by Crippen LogP contribution is 2.23. The van der Waals surface area contributed by atoms with Crippen LogP contribution in [0.25, 0.3) is 11.5 Å². The third kappa shape index (κ3) is 3.61. The Hall–Kier alpha value is -3.75. The molecule has 1 N–H and O–H groups in total. The lowest BCUT2D eigenvalue weighted by molar-refractivity contribution is -0.383. The van der Waals surface area contributed by atoms with E-state index in [1.165, 1.54) is 36.9 Å². The number of aromatic nitrogens is 2. The van der Waals surface area contributed by atoms with Crippen molar-refractivity contribution < 1.29 is 14.1 Å². The minimum absolute atomic E-state index is 0.0608. The first-order valence-corrected chi connectivity index (χ1v) is 7.18. The second kappa shape index (κ2) is 6.79. The van der Waals surface area contributed by atoms with Gasteiger partial charge in [-0.15, -0.1) is 0 Å². The molecule has 0 fully saturated rings. The number of nitrogens with one attached hydrogen (secondary N) is 1. The second-order valence-electron chi connectivity index (χ2n) is 5.04. The minimum Gasteiger partial charge on any atom is -0.463 e. The number of rotatable bonds is 5. The second-order valence-corrected chi connectivity index (χ2v) is 5.04. The van der Waals surface area contributed by atoms with Crippen molar-refractivity contribution >= 4 is 17.3 Å². The quantitative estimate of drug-likeness (QED) is 0.560.